The van der Waals surface area contributed by atoms with Gasteiger partial charge in [-0.2, -0.15) is 0 Å². The van der Waals surface area contributed by atoms with Gasteiger partial charge in [-0.25, -0.2) is 0 Å². The Balaban J connectivity index is 2.70. The van der Waals surface area contributed by atoms with Gasteiger partial charge < -0.3 is 4.57 Å². The maximum atomic E-state index is 2.50. The fourth-order valence-corrected chi connectivity index (χ4v) is 1.81. The predicted molar refractivity (Wildman–Crippen MR) is 61.2 cm³/mol. The van der Waals surface area contributed by atoms with Crippen molar-refractivity contribution in [2.24, 2.45) is 7.05 Å². The first-order valence-electron chi connectivity index (χ1n) is 5.38. The summed E-state index contributed by atoms with van der Waals surface area (Å²) in [6.45, 7) is 10.1. The van der Waals surface area contributed by atoms with Crippen LogP contribution in [0.1, 0.15) is 33.4 Å². The minimum absolute atomic E-state index is 0.602. The smallest absolute Gasteiger partial charge is 0.0392 e. The van der Waals surface area contributed by atoms with Gasteiger partial charge in [0.15, 0.2) is 0 Å². The van der Waals surface area contributed by atoms with Crippen LogP contribution in [0, 0.1) is 0 Å². The molecule has 0 unspecified atom stereocenters. The van der Waals surface area contributed by atoms with Crippen molar-refractivity contribution in [2.75, 3.05) is 0 Å². The second kappa shape index (κ2) is 4.65. The molecule has 2 heteroatoms. The van der Waals surface area contributed by atoms with Crippen molar-refractivity contribution in [2.45, 2.75) is 46.3 Å². The van der Waals surface area contributed by atoms with E-state index in [1.807, 2.05) is 0 Å². The third kappa shape index (κ3) is 2.61. The van der Waals surface area contributed by atoms with E-state index >= 15 is 0 Å². The zero-order valence-electron chi connectivity index (χ0n) is 9.99. The maximum absolute atomic E-state index is 2.50. The second-order valence-corrected chi connectivity index (χ2v) is 4.47. The molecule has 1 rings (SSSR count). The Kier molecular flexibility index (Phi) is 3.76. The summed E-state index contributed by atoms with van der Waals surface area (Å²) in [5.74, 6) is 0. The highest BCUT2D eigenvalue weighted by Crippen LogP contribution is 2.11. The van der Waals surface area contributed by atoms with Crippen LogP contribution >= 0.6 is 0 Å². The van der Waals surface area contributed by atoms with Crippen LogP contribution in [0.25, 0.3) is 0 Å². The summed E-state index contributed by atoms with van der Waals surface area (Å²) in [5, 5.41) is 0. The summed E-state index contributed by atoms with van der Waals surface area (Å²) in [6, 6.07) is 5.50. The summed E-state index contributed by atoms with van der Waals surface area (Å²) in [7, 11) is 2.11. The van der Waals surface area contributed by atoms with Crippen molar-refractivity contribution >= 4 is 0 Å². The molecule has 2 nitrogen and oxygen atoms in total. The van der Waals surface area contributed by atoms with E-state index in [9.17, 15) is 0 Å². The number of nitrogens with zero attached hydrogens (tertiary/aromatic N) is 2. The highest BCUT2D eigenvalue weighted by Gasteiger charge is 2.14. The standard InChI is InChI=1S/C12H22N2/c1-10(2)14(11(3)4)9-12-7-6-8-13(12)5/h6-8,10-11H,9H2,1-5H3. The Labute approximate surface area is 87.5 Å². The van der Waals surface area contributed by atoms with E-state index in [4.69, 9.17) is 0 Å². The van der Waals surface area contributed by atoms with E-state index in [0.717, 1.165) is 6.54 Å². The molecule has 0 amide bonds. The van der Waals surface area contributed by atoms with Crippen molar-refractivity contribution in [3.8, 4) is 0 Å². The van der Waals surface area contributed by atoms with Gasteiger partial charge >= 0.3 is 0 Å². The van der Waals surface area contributed by atoms with Crippen molar-refractivity contribution in [1.29, 1.82) is 0 Å². The van der Waals surface area contributed by atoms with E-state index in [1.54, 1.807) is 0 Å². The van der Waals surface area contributed by atoms with Crippen molar-refractivity contribution in [1.82, 2.24) is 9.47 Å². The molecular formula is C12H22N2. The van der Waals surface area contributed by atoms with Gasteiger partial charge in [-0.15, -0.1) is 0 Å². The Morgan fingerprint density at radius 2 is 1.79 bits per heavy atom. The number of aromatic nitrogens is 1. The van der Waals surface area contributed by atoms with Crippen molar-refractivity contribution in [3.05, 3.63) is 24.0 Å². The summed E-state index contributed by atoms with van der Waals surface area (Å²) in [4.78, 5) is 2.50. The largest absolute Gasteiger partial charge is 0.353 e. The van der Waals surface area contributed by atoms with Gasteiger partial charge in [0.05, 0.1) is 0 Å². The maximum Gasteiger partial charge on any atom is 0.0392 e. The van der Waals surface area contributed by atoms with Crippen molar-refractivity contribution < 1.29 is 0 Å². The van der Waals surface area contributed by atoms with Crippen LogP contribution in [-0.2, 0) is 13.6 Å². The van der Waals surface area contributed by atoms with Crippen LogP contribution in [0.2, 0.25) is 0 Å². The summed E-state index contributed by atoms with van der Waals surface area (Å²) in [6.07, 6.45) is 2.11. The molecule has 0 bridgehead atoms. The lowest BCUT2D eigenvalue weighted by molar-refractivity contribution is 0.162. The molecule has 0 aliphatic rings. The minimum Gasteiger partial charge on any atom is -0.353 e. The minimum atomic E-state index is 0.602. The average Bonchev–Trinajstić information content (AvgIpc) is 2.46. The van der Waals surface area contributed by atoms with Crippen LogP contribution in [0.4, 0.5) is 0 Å². The number of hydrogen-bond donors (Lipinski definition) is 0. The normalized spacial score (nSPS) is 12.0. The molecule has 0 N–H and O–H groups in total. The Bertz CT molecular complexity index is 266. The lowest BCUT2D eigenvalue weighted by Gasteiger charge is -2.30. The van der Waals surface area contributed by atoms with Gasteiger partial charge in [0, 0.05) is 37.6 Å². The van der Waals surface area contributed by atoms with E-state index in [0.29, 0.717) is 12.1 Å². The first-order chi connectivity index (χ1) is 6.52. The highest BCUT2D eigenvalue weighted by atomic mass is 15.2. The van der Waals surface area contributed by atoms with E-state index in [-0.39, 0.29) is 0 Å². The molecule has 0 saturated heterocycles. The molecule has 14 heavy (non-hydrogen) atoms. The Morgan fingerprint density at radius 3 is 2.14 bits per heavy atom. The molecule has 1 aromatic rings. The number of hydrogen-bond acceptors (Lipinski definition) is 1. The van der Waals surface area contributed by atoms with Crippen LogP contribution in [0.3, 0.4) is 0 Å². The van der Waals surface area contributed by atoms with Gasteiger partial charge in [-0.1, -0.05) is 0 Å². The van der Waals surface area contributed by atoms with Crippen LogP contribution in [0.5, 0.6) is 0 Å². The monoisotopic (exact) mass is 194 g/mol. The fourth-order valence-electron chi connectivity index (χ4n) is 1.81. The topological polar surface area (TPSA) is 8.17 Å². The number of rotatable bonds is 4. The van der Waals surface area contributed by atoms with Gasteiger partial charge in [0.2, 0.25) is 0 Å². The molecular weight excluding hydrogens is 172 g/mol. The molecule has 0 aliphatic carbocycles. The quantitative estimate of drug-likeness (QED) is 0.715. The summed E-state index contributed by atoms with van der Waals surface area (Å²) in [5.41, 5.74) is 1.38. The average molecular weight is 194 g/mol. The molecule has 1 aromatic heterocycles. The Hall–Kier alpha value is -0.760. The van der Waals surface area contributed by atoms with Crippen LogP contribution in [0.15, 0.2) is 18.3 Å². The summed E-state index contributed by atoms with van der Waals surface area (Å²) >= 11 is 0. The molecule has 0 saturated carbocycles. The van der Waals surface area contributed by atoms with E-state index in [2.05, 4.69) is 62.5 Å². The third-order valence-electron chi connectivity index (χ3n) is 2.72. The van der Waals surface area contributed by atoms with Gasteiger partial charge in [0.25, 0.3) is 0 Å². The van der Waals surface area contributed by atoms with Gasteiger partial charge in [0.1, 0.15) is 0 Å². The lowest BCUT2D eigenvalue weighted by atomic mass is 10.2. The zero-order valence-corrected chi connectivity index (χ0v) is 9.99. The lowest BCUT2D eigenvalue weighted by Crippen LogP contribution is -2.36. The first-order valence-corrected chi connectivity index (χ1v) is 5.38. The molecule has 0 spiro atoms. The zero-order chi connectivity index (χ0) is 10.7. The SMILES string of the molecule is CC(C)N(Cc1cccn1C)C(C)C. The third-order valence-corrected chi connectivity index (χ3v) is 2.72. The molecule has 0 radical (unpaired) electrons. The molecule has 80 valence electrons. The van der Waals surface area contributed by atoms with Crippen molar-refractivity contribution in [3.63, 3.8) is 0 Å². The molecule has 0 fully saturated rings. The Morgan fingerprint density at radius 1 is 1.21 bits per heavy atom. The molecule has 0 aliphatic heterocycles. The number of aryl methyl sites for hydroxylation is 1. The van der Waals surface area contributed by atoms with E-state index < -0.39 is 0 Å². The van der Waals surface area contributed by atoms with Gasteiger partial charge in [-0.05, 0) is 39.8 Å². The van der Waals surface area contributed by atoms with Crippen LogP contribution < -0.4 is 0 Å². The second-order valence-electron chi connectivity index (χ2n) is 4.47. The molecule has 0 atom stereocenters. The van der Waals surface area contributed by atoms with Crippen LogP contribution in [-0.4, -0.2) is 21.6 Å². The molecule has 1 heterocycles. The highest BCUT2D eigenvalue weighted by molar-refractivity contribution is 5.06. The van der Waals surface area contributed by atoms with Gasteiger partial charge in [-0.3, -0.25) is 4.90 Å². The fraction of sp³-hybridized carbons (Fsp3) is 0.667. The predicted octanol–water partition coefficient (Wildman–Crippen LogP) is 2.64. The first kappa shape index (κ1) is 11.3. The van der Waals surface area contributed by atoms with E-state index in [1.165, 1.54) is 5.69 Å². The molecule has 0 aromatic carbocycles. The summed E-state index contributed by atoms with van der Waals surface area (Å²) < 4.78 is 2.19.